The van der Waals surface area contributed by atoms with E-state index in [1.165, 1.54) is 0 Å². The summed E-state index contributed by atoms with van der Waals surface area (Å²) in [5.74, 6) is -0.307. The molecule has 0 saturated carbocycles. The molecule has 1 aromatic carbocycles. The Morgan fingerprint density at radius 3 is 2.27 bits per heavy atom. The highest BCUT2D eigenvalue weighted by Gasteiger charge is 2.20. The fourth-order valence-electron chi connectivity index (χ4n) is 2.61. The molecule has 0 unspecified atom stereocenters. The maximum absolute atomic E-state index is 12.2. The van der Waals surface area contributed by atoms with Gasteiger partial charge in [0.05, 0.1) is 13.1 Å². The topological polar surface area (TPSA) is 78.7 Å². The normalized spacial score (nSPS) is 16.5. The number of hydrogen-bond acceptors (Lipinski definition) is 4. The molecule has 2 rings (SSSR count). The first kappa shape index (κ1) is 16.5. The number of aryl methyl sites for hydroxylation is 1. The molecule has 0 aliphatic carbocycles. The molecule has 1 saturated heterocycles. The van der Waals surface area contributed by atoms with Crippen molar-refractivity contribution in [2.75, 3.05) is 44.6 Å². The number of piperazine rings is 1. The second kappa shape index (κ2) is 7.38. The van der Waals surface area contributed by atoms with Gasteiger partial charge in [-0.15, -0.1) is 0 Å². The number of nitrogens with two attached hydrogens (primary N) is 1. The minimum absolute atomic E-state index is 0.00273. The van der Waals surface area contributed by atoms with Crippen LogP contribution in [-0.2, 0) is 9.59 Å². The van der Waals surface area contributed by atoms with Crippen LogP contribution >= 0.6 is 0 Å². The van der Waals surface area contributed by atoms with Gasteiger partial charge in [-0.25, -0.2) is 0 Å². The number of anilines is 1. The fourth-order valence-corrected chi connectivity index (χ4v) is 2.61. The van der Waals surface area contributed by atoms with Crippen molar-refractivity contribution in [2.45, 2.75) is 13.8 Å². The molecule has 0 radical (unpaired) electrons. The Kier molecular flexibility index (Phi) is 5.51. The molecule has 1 heterocycles. The Morgan fingerprint density at radius 2 is 1.68 bits per heavy atom. The molecule has 0 aromatic heterocycles. The van der Waals surface area contributed by atoms with Crippen LogP contribution in [0.3, 0.4) is 0 Å². The van der Waals surface area contributed by atoms with Crippen molar-refractivity contribution in [1.82, 2.24) is 9.80 Å². The lowest BCUT2D eigenvalue weighted by atomic mass is 10.1. The number of nitrogens with zero attached hydrogens (tertiary/aromatic N) is 2. The molecule has 6 heteroatoms. The molecular weight excluding hydrogens is 280 g/mol. The van der Waals surface area contributed by atoms with Gasteiger partial charge in [0.1, 0.15) is 0 Å². The zero-order valence-electron chi connectivity index (χ0n) is 13.3. The van der Waals surface area contributed by atoms with E-state index in [0.717, 1.165) is 43.0 Å². The molecule has 0 bridgehead atoms. The van der Waals surface area contributed by atoms with Gasteiger partial charge in [0.2, 0.25) is 11.8 Å². The molecule has 2 amide bonds. The van der Waals surface area contributed by atoms with Crippen LogP contribution < -0.4 is 11.1 Å². The molecule has 6 nitrogen and oxygen atoms in total. The van der Waals surface area contributed by atoms with Gasteiger partial charge >= 0.3 is 0 Å². The van der Waals surface area contributed by atoms with E-state index >= 15 is 0 Å². The number of primary amides is 1. The van der Waals surface area contributed by atoms with Gasteiger partial charge in [0, 0.05) is 31.9 Å². The zero-order chi connectivity index (χ0) is 16.1. The Morgan fingerprint density at radius 1 is 1.09 bits per heavy atom. The number of carbonyl (C=O) groups excluding carboxylic acids is 2. The predicted octanol–water partition coefficient (Wildman–Crippen LogP) is 0.345. The van der Waals surface area contributed by atoms with E-state index in [1.54, 1.807) is 0 Å². The number of benzene rings is 1. The van der Waals surface area contributed by atoms with E-state index in [-0.39, 0.29) is 11.8 Å². The number of amides is 2. The number of nitrogens with one attached hydrogen (secondary N) is 1. The van der Waals surface area contributed by atoms with Gasteiger partial charge in [-0.3, -0.25) is 19.4 Å². The van der Waals surface area contributed by atoms with Crippen LogP contribution in [0.1, 0.15) is 11.1 Å². The standard InChI is InChI=1S/C16H24N4O2/c1-12-4-3-5-14(13(12)2)18-16(22)11-20-8-6-19(7-9-20)10-15(17)21/h3-5H,6-11H2,1-2H3,(H2,17,21)(H,18,22). The molecule has 1 aromatic rings. The summed E-state index contributed by atoms with van der Waals surface area (Å²) in [6.07, 6.45) is 0. The summed E-state index contributed by atoms with van der Waals surface area (Å²) in [6.45, 7) is 7.77. The quantitative estimate of drug-likeness (QED) is 0.822. The smallest absolute Gasteiger partial charge is 0.238 e. The third-order valence-corrected chi connectivity index (χ3v) is 4.09. The fraction of sp³-hybridized carbons (Fsp3) is 0.500. The van der Waals surface area contributed by atoms with Gasteiger partial charge < -0.3 is 11.1 Å². The molecule has 3 N–H and O–H groups in total. The Hall–Kier alpha value is -1.92. The number of rotatable bonds is 5. The maximum atomic E-state index is 12.2. The van der Waals surface area contributed by atoms with E-state index in [2.05, 4.69) is 10.2 Å². The lowest BCUT2D eigenvalue weighted by Crippen LogP contribution is -2.50. The molecule has 0 atom stereocenters. The summed E-state index contributed by atoms with van der Waals surface area (Å²) in [7, 11) is 0. The molecular formula is C16H24N4O2. The largest absolute Gasteiger partial charge is 0.369 e. The van der Waals surface area contributed by atoms with E-state index in [1.807, 2.05) is 36.9 Å². The Labute approximate surface area is 131 Å². The first-order valence-corrected chi connectivity index (χ1v) is 7.55. The Balaban J connectivity index is 1.81. The van der Waals surface area contributed by atoms with Crippen LogP contribution in [0.5, 0.6) is 0 Å². The summed E-state index contributed by atoms with van der Waals surface area (Å²) in [6, 6.07) is 5.90. The minimum Gasteiger partial charge on any atom is -0.369 e. The second-order valence-corrected chi connectivity index (χ2v) is 5.81. The average molecular weight is 304 g/mol. The number of hydrogen-bond donors (Lipinski definition) is 2. The van der Waals surface area contributed by atoms with Crippen molar-refractivity contribution in [3.05, 3.63) is 29.3 Å². The molecule has 1 aliphatic rings. The van der Waals surface area contributed by atoms with Crippen LogP contribution in [-0.4, -0.2) is 60.9 Å². The van der Waals surface area contributed by atoms with Gasteiger partial charge in [0.15, 0.2) is 0 Å². The van der Waals surface area contributed by atoms with E-state index in [0.29, 0.717) is 13.1 Å². The summed E-state index contributed by atoms with van der Waals surface area (Å²) >= 11 is 0. The van der Waals surface area contributed by atoms with Gasteiger partial charge in [-0.05, 0) is 31.0 Å². The highest BCUT2D eigenvalue weighted by atomic mass is 16.2. The summed E-state index contributed by atoms with van der Waals surface area (Å²) in [5, 5.41) is 2.97. The van der Waals surface area contributed by atoms with E-state index in [4.69, 9.17) is 5.73 Å². The van der Waals surface area contributed by atoms with Crippen molar-refractivity contribution in [1.29, 1.82) is 0 Å². The van der Waals surface area contributed by atoms with Crippen LogP contribution in [0.15, 0.2) is 18.2 Å². The van der Waals surface area contributed by atoms with Crippen molar-refractivity contribution in [3.63, 3.8) is 0 Å². The molecule has 22 heavy (non-hydrogen) atoms. The van der Waals surface area contributed by atoms with Crippen LogP contribution in [0.25, 0.3) is 0 Å². The highest BCUT2D eigenvalue weighted by molar-refractivity contribution is 5.93. The first-order valence-electron chi connectivity index (χ1n) is 7.55. The predicted molar refractivity (Wildman–Crippen MR) is 86.6 cm³/mol. The van der Waals surface area contributed by atoms with Gasteiger partial charge in [-0.1, -0.05) is 12.1 Å². The second-order valence-electron chi connectivity index (χ2n) is 5.81. The summed E-state index contributed by atoms with van der Waals surface area (Å²) in [4.78, 5) is 27.2. The lowest BCUT2D eigenvalue weighted by Gasteiger charge is -2.33. The van der Waals surface area contributed by atoms with Gasteiger partial charge in [-0.2, -0.15) is 0 Å². The zero-order valence-corrected chi connectivity index (χ0v) is 13.3. The van der Waals surface area contributed by atoms with E-state index < -0.39 is 0 Å². The number of carbonyl (C=O) groups is 2. The molecule has 1 aliphatic heterocycles. The van der Waals surface area contributed by atoms with Crippen molar-refractivity contribution >= 4 is 17.5 Å². The first-order chi connectivity index (χ1) is 10.5. The molecule has 120 valence electrons. The monoisotopic (exact) mass is 304 g/mol. The van der Waals surface area contributed by atoms with Crippen molar-refractivity contribution in [3.8, 4) is 0 Å². The molecule has 1 fully saturated rings. The van der Waals surface area contributed by atoms with Crippen molar-refractivity contribution in [2.24, 2.45) is 5.73 Å². The van der Waals surface area contributed by atoms with Crippen LogP contribution in [0.2, 0.25) is 0 Å². The highest BCUT2D eigenvalue weighted by Crippen LogP contribution is 2.17. The Bertz CT molecular complexity index is 551. The van der Waals surface area contributed by atoms with Crippen molar-refractivity contribution < 1.29 is 9.59 Å². The van der Waals surface area contributed by atoms with Crippen LogP contribution in [0, 0.1) is 13.8 Å². The van der Waals surface area contributed by atoms with Gasteiger partial charge in [0.25, 0.3) is 0 Å². The summed E-state index contributed by atoms with van der Waals surface area (Å²) in [5.41, 5.74) is 8.33. The maximum Gasteiger partial charge on any atom is 0.238 e. The van der Waals surface area contributed by atoms with Crippen LogP contribution in [0.4, 0.5) is 5.69 Å². The minimum atomic E-state index is -0.305. The third-order valence-electron chi connectivity index (χ3n) is 4.09. The lowest BCUT2D eigenvalue weighted by molar-refractivity contribution is -0.121. The third kappa shape index (κ3) is 4.54. The summed E-state index contributed by atoms with van der Waals surface area (Å²) < 4.78 is 0. The average Bonchev–Trinajstić information content (AvgIpc) is 2.45. The van der Waals surface area contributed by atoms with E-state index in [9.17, 15) is 9.59 Å². The SMILES string of the molecule is Cc1cccc(NC(=O)CN2CCN(CC(N)=O)CC2)c1C. The molecule has 0 spiro atoms.